The molecule has 1 amide bonds. The summed E-state index contributed by atoms with van der Waals surface area (Å²) in [6, 6.07) is -0.794. The summed E-state index contributed by atoms with van der Waals surface area (Å²) in [5.74, 6) is -0.201. The van der Waals surface area contributed by atoms with Crippen molar-refractivity contribution in [1.29, 1.82) is 0 Å². The maximum Gasteiger partial charge on any atom is 0.220 e. The zero-order chi connectivity index (χ0) is 36.0. The Hall–Kier alpha value is -1.07. The average molecular weight is 700 g/mol. The molecule has 1 saturated heterocycles. The quantitative estimate of drug-likeness (QED) is 0.0307. The molecule has 0 aromatic rings. The molecule has 0 spiro atoms. The van der Waals surface area contributed by atoms with Gasteiger partial charge < -0.3 is 40.3 Å². The van der Waals surface area contributed by atoms with Crippen LogP contribution in [-0.4, -0.2) is 87.5 Å². The van der Waals surface area contributed by atoms with Crippen LogP contribution in [-0.2, 0) is 14.3 Å². The van der Waals surface area contributed by atoms with E-state index in [9.17, 15) is 30.3 Å². The van der Waals surface area contributed by atoms with Gasteiger partial charge in [0.2, 0.25) is 5.91 Å². The lowest BCUT2D eigenvalue weighted by atomic mass is 9.99. The van der Waals surface area contributed by atoms with Crippen LogP contribution in [0.15, 0.2) is 12.2 Å². The van der Waals surface area contributed by atoms with Crippen molar-refractivity contribution in [3.63, 3.8) is 0 Å². The minimum Gasteiger partial charge on any atom is -0.394 e. The number of hydrogen-bond acceptors (Lipinski definition) is 8. The van der Waals surface area contributed by atoms with E-state index >= 15 is 0 Å². The largest absolute Gasteiger partial charge is 0.394 e. The van der Waals surface area contributed by atoms with Gasteiger partial charge in [0.1, 0.15) is 24.4 Å². The Morgan fingerprint density at radius 3 is 1.59 bits per heavy atom. The zero-order valence-electron chi connectivity index (χ0n) is 31.5. The fourth-order valence-corrected chi connectivity index (χ4v) is 6.51. The summed E-state index contributed by atoms with van der Waals surface area (Å²) in [4.78, 5) is 12.5. The SMILES string of the molecule is CCCCCCCCCCCCCCCCCCCCCCC/C=C/C(O)C(COC1OC(CO)C(O)C(O)C1O)NC(=O)CCCCC. The van der Waals surface area contributed by atoms with Crippen molar-refractivity contribution in [2.75, 3.05) is 13.2 Å². The molecule has 0 radical (unpaired) electrons. The summed E-state index contributed by atoms with van der Waals surface area (Å²) < 4.78 is 11.1. The van der Waals surface area contributed by atoms with Crippen LogP contribution in [0.5, 0.6) is 0 Å². The number of nitrogens with one attached hydrogen (secondary N) is 1. The third-order valence-electron chi connectivity index (χ3n) is 9.86. The monoisotopic (exact) mass is 700 g/mol. The van der Waals surface area contributed by atoms with Crippen molar-refractivity contribution in [3.8, 4) is 0 Å². The lowest BCUT2D eigenvalue weighted by Gasteiger charge is -2.40. The maximum atomic E-state index is 12.5. The van der Waals surface area contributed by atoms with E-state index in [-0.39, 0.29) is 12.5 Å². The summed E-state index contributed by atoms with van der Waals surface area (Å²) >= 11 is 0. The standard InChI is InChI=1S/C40H77NO8/c1-3-5-7-8-9-10-11-12-13-14-15-16-17-18-19-20-21-22-23-24-25-26-28-29-34(43)33(41-36(44)30-27-6-4-2)32-48-40-39(47)38(46)37(45)35(31-42)49-40/h28-29,33-35,37-40,42-43,45-47H,3-27,30-32H2,1-2H3,(H,41,44)/b29-28+. The van der Waals surface area contributed by atoms with Gasteiger partial charge in [-0.2, -0.15) is 0 Å². The summed E-state index contributed by atoms with van der Waals surface area (Å²) in [5, 5.41) is 53.5. The fourth-order valence-electron chi connectivity index (χ4n) is 6.51. The van der Waals surface area contributed by atoms with E-state index in [0.29, 0.717) is 6.42 Å². The second-order valence-electron chi connectivity index (χ2n) is 14.4. The van der Waals surface area contributed by atoms with E-state index in [1.54, 1.807) is 6.08 Å². The van der Waals surface area contributed by atoms with Gasteiger partial charge in [0.25, 0.3) is 0 Å². The van der Waals surface area contributed by atoms with E-state index in [4.69, 9.17) is 9.47 Å². The first-order valence-corrected chi connectivity index (χ1v) is 20.4. The molecule has 49 heavy (non-hydrogen) atoms. The summed E-state index contributed by atoms with van der Waals surface area (Å²) in [6.07, 6.45) is 27.8. The Morgan fingerprint density at radius 1 is 0.673 bits per heavy atom. The van der Waals surface area contributed by atoms with Crippen LogP contribution >= 0.6 is 0 Å². The summed E-state index contributed by atoms with van der Waals surface area (Å²) in [6.45, 7) is 3.59. The molecule has 1 fully saturated rings. The molecule has 0 aromatic carbocycles. The van der Waals surface area contributed by atoms with Gasteiger partial charge in [-0.15, -0.1) is 0 Å². The molecule has 7 unspecified atom stereocenters. The first kappa shape index (κ1) is 46.0. The van der Waals surface area contributed by atoms with Gasteiger partial charge in [0.05, 0.1) is 25.4 Å². The van der Waals surface area contributed by atoms with Crippen LogP contribution in [0.4, 0.5) is 0 Å². The topological polar surface area (TPSA) is 149 Å². The van der Waals surface area contributed by atoms with Gasteiger partial charge in [-0.3, -0.25) is 4.79 Å². The number of aliphatic hydroxyl groups excluding tert-OH is 5. The third-order valence-corrected chi connectivity index (χ3v) is 9.86. The Labute approximate surface area is 299 Å². The summed E-state index contributed by atoms with van der Waals surface area (Å²) in [5.41, 5.74) is 0. The van der Waals surface area contributed by atoms with Gasteiger partial charge in [-0.05, 0) is 19.3 Å². The molecule has 1 aliphatic rings. The van der Waals surface area contributed by atoms with Gasteiger partial charge in [0.15, 0.2) is 6.29 Å². The number of carbonyl (C=O) groups excluding carboxylic acids is 1. The number of ether oxygens (including phenoxy) is 2. The van der Waals surface area contributed by atoms with Gasteiger partial charge in [-0.1, -0.05) is 167 Å². The number of allylic oxidation sites excluding steroid dienone is 1. The highest BCUT2D eigenvalue weighted by molar-refractivity contribution is 5.76. The lowest BCUT2D eigenvalue weighted by molar-refractivity contribution is -0.302. The van der Waals surface area contributed by atoms with Crippen molar-refractivity contribution < 1.29 is 39.8 Å². The zero-order valence-corrected chi connectivity index (χ0v) is 31.5. The van der Waals surface area contributed by atoms with Crippen molar-refractivity contribution >= 4 is 5.91 Å². The van der Waals surface area contributed by atoms with Crippen LogP contribution in [0, 0.1) is 0 Å². The molecule has 1 aliphatic heterocycles. The minimum atomic E-state index is -1.56. The lowest BCUT2D eigenvalue weighted by Crippen LogP contribution is -2.60. The van der Waals surface area contributed by atoms with E-state index in [1.807, 2.05) is 6.08 Å². The highest BCUT2D eigenvalue weighted by Gasteiger charge is 2.44. The Balaban J connectivity index is 2.17. The minimum absolute atomic E-state index is 0.187. The normalized spacial score (nSPS) is 22.5. The Morgan fingerprint density at radius 2 is 1.12 bits per heavy atom. The van der Waals surface area contributed by atoms with E-state index < -0.39 is 49.5 Å². The van der Waals surface area contributed by atoms with E-state index in [0.717, 1.165) is 38.5 Å². The molecule has 7 atom stereocenters. The molecule has 0 aliphatic carbocycles. The van der Waals surface area contributed by atoms with Crippen molar-refractivity contribution in [3.05, 3.63) is 12.2 Å². The van der Waals surface area contributed by atoms with Crippen LogP contribution in [0.3, 0.4) is 0 Å². The fraction of sp³-hybridized carbons (Fsp3) is 0.925. The van der Waals surface area contributed by atoms with Crippen molar-refractivity contribution in [2.45, 2.75) is 224 Å². The van der Waals surface area contributed by atoms with E-state index in [2.05, 4.69) is 19.2 Å². The smallest absolute Gasteiger partial charge is 0.220 e. The third kappa shape index (κ3) is 23.2. The van der Waals surface area contributed by atoms with Gasteiger partial charge >= 0.3 is 0 Å². The Kier molecular flexibility index (Phi) is 29.7. The predicted octanol–water partition coefficient (Wildman–Crippen LogP) is 7.39. The molecule has 0 aromatic heterocycles. The molecule has 290 valence electrons. The average Bonchev–Trinajstić information content (AvgIpc) is 3.10. The van der Waals surface area contributed by atoms with Crippen LogP contribution in [0.2, 0.25) is 0 Å². The predicted molar refractivity (Wildman–Crippen MR) is 198 cm³/mol. The molecule has 9 nitrogen and oxygen atoms in total. The molecule has 9 heteroatoms. The molecule has 1 heterocycles. The summed E-state index contributed by atoms with van der Waals surface area (Å²) in [7, 11) is 0. The van der Waals surface area contributed by atoms with Crippen molar-refractivity contribution in [1.82, 2.24) is 5.32 Å². The number of aliphatic hydroxyl groups is 5. The molecule has 0 saturated carbocycles. The molecule has 6 N–H and O–H groups in total. The number of amides is 1. The molecule has 1 rings (SSSR count). The highest BCUT2D eigenvalue weighted by atomic mass is 16.7. The van der Waals surface area contributed by atoms with Gasteiger partial charge in [-0.25, -0.2) is 0 Å². The van der Waals surface area contributed by atoms with Crippen LogP contribution in [0.25, 0.3) is 0 Å². The Bertz CT molecular complexity index is 781. The maximum absolute atomic E-state index is 12.5. The first-order valence-electron chi connectivity index (χ1n) is 20.4. The number of carbonyl (C=O) groups is 1. The number of rotatable bonds is 33. The van der Waals surface area contributed by atoms with Crippen LogP contribution in [0.1, 0.15) is 181 Å². The van der Waals surface area contributed by atoms with E-state index in [1.165, 1.54) is 122 Å². The second-order valence-corrected chi connectivity index (χ2v) is 14.4. The molecule has 0 bridgehead atoms. The molecular weight excluding hydrogens is 622 g/mol. The number of hydrogen-bond donors (Lipinski definition) is 6. The first-order chi connectivity index (χ1) is 23.8. The second kappa shape index (κ2) is 31.6. The van der Waals surface area contributed by atoms with Crippen LogP contribution < -0.4 is 5.32 Å². The number of unbranched alkanes of at least 4 members (excludes halogenated alkanes) is 23. The molecular formula is C40H77NO8. The van der Waals surface area contributed by atoms with Crippen molar-refractivity contribution in [2.24, 2.45) is 0 Å². The highest BCUT2D eigenvalue weighted by Crippen LogP contribution is 2.22. The van der Waals surface area contributed by atoms with Gasteiger partial charge in [0, 0.05) is 6.42 Å².